The predicted molar refractivity (Wildman–Crippen MR) is 146 cm³/mol. The average Bonchev–Trinajstić information content (AvgIpc) is 2.89. The van der Waals surface area contributed by atoms with Crippen molar-refractivity contribution in [3.05, 3.63) is 53.3 Å². The first-order chi connectivity index (χ1) is 18.2. The maximum atomic E-state index is 12.2. The van der Waals surface area contributed by atoms with Crippen LogP contribution < -0.4 is 18.4 Å². The van der Waals surface area contributed by atoms with Gasteiger partial charge >= 0.3 is 16.1 Å². The minimum atomic E-state index is -3.69. The Bertz CT molecular complexity index is 1170. The maximum Gasteiger partial charge on any atom is 0.371 e. The van der Waals surface area contributed by atoms with Gasteiger partial charge in [-0.1, -0.05) is 38.8 Å². The van der Waals surface area contributed by atoms with Crippen molar-refractivity contribution in [3.63, 3.8) is 0 Å². The monoisotopic (exact) mass is 550 g/mol. The summed E-state index contributed by atoms with van der Waals surface area (Å²) in [5, 5.41) is 9.34. The van der Waals surface area contributed by atoms with Gasteiger partial charge in [-0.25, -0.2) is 4.79 Å². The van der Waals surface area contributed by atoms with E-state index in [0.29, 0.717) is 48.9 Å². The van der Waals surface area contributed by atoms with Crippen LogP contribution in [0.1, 0.15) is 57.6 Å². The van der Waals surface area contributed by atoms with Gasteiger partial charge in [0.15, 0.2) is 23.0 Å². The molecule has 2 aromatic carbocycles. The number of methoxy groups -OCH3 is 1. The zero-order chi connectivity index (χ0) is 28.0. The number of benzene rings is 2. The second-order valence-electron chi connectivity index (χ2n) is 8.44. The molecular formula is C28H38O9S. The normalized spacial score (nSPS) is 11.6. The molecule has 2 aromatic rings. The van der Waals surface area contributed by atoms with Gasteiger partial charge in [-0.15, -0.1) is 0 Å². The number of hydrogen-bond donors (Lipinski definition) is 1. The molecule has 0 aliphatic rings. The van der Waals surface area contributed by atoms with Gasteiger partial charge in [-0.05, 0) is 61.2 Å². The van der Waals surface area contributed by atoms with Crippen LogP contribution in [0.3, 0.4) is 0 Å². The molecule has 210 valence electrons. The first kappa shape index (κ1) is 30.8. The summed E-state index contributed by atoms with van der Waals surface area (Å²) in [5.41, 5.74) is 1.49. The van der Waals surface area contributed by atoms with Crippen molar-refractivity contribution in [3.8, 4) is 23.0 Å². The molecule has 0 atom stereocenters. The van der Waals surface area contributed by atoms with Crippen LogP contribution in [0, 0.1) is 0 Å². The Hall–Kier alpha value is -3.40. The van der Waals surface area contributed by atoms with Crippen molar-refractivity contribution < 1.29 is 41.4 Å². The van der Waals surface area contributed by atoms with Gasteiger partial charge in [0.05, 0.1) is 32.7 Å². The highest BCUT2D eigenvalue weighted by Gasteiger charge is 2.16. The highest BCUT2D eigenvalue weighted by Crippen LogP contribution is 2.32. The largest absolute Gasteiger partial charge is 0.493 e. The quantitative estimate of drug-likeness (QED) is 0.112. The van der Waals surface area contributed by atoms with Crippen molar-refractivity contribution in [2.45, 2.75) is 52.9 Å². The molecule has 0 aliphatic heterocycles. The van der Waals surface area contributed by atoms with E-state index in [2.05, 4.69) is 6.92 Å². The Morgan fingerprint density at radius 3 is 2.26 bits per heavy atom. The molecule has 0 spiro atoms. The first-order valence-corrected chi connectivity index (χ1v) is 14.4. The summed E-state index contributed by atoms with van der Waals surface area (Å²) in [6, 6.07) is 10.3. The number of ether oxygens (including phenoxy) is 4. The Balaban J connectivity index is 2.14. The standard InChI is InChI=1S/C28H38O9S/c1-5-8-15-35-26-19-22(20-27(28(29)30)34-7-3)11-12-23(26)36-16-14-21-10-13-24(25(18-21)33-4)37-38(31,32)17-9-6-2/h10-13,18-20H,5-9,14-17H2,1-4H3,(H,29,30)/b27-20-. The van der Waals surface area contributed by atoms with Crippen LogP contribution in [-0.2, 0) is 26.1 Å². The van der Waals surface area contributed by atoms with Gasteiger partial charge in [-0.2, -0.15) is 8.42 Å². The van der Waals surface area contributed by atoms with E-state index in [4.69, 9.17) is 23.1 Å². The van der Waals surface area contributed by atoms with E-state index in [1.54, 1.807) is 43.3 Å². The zero-order valence-corrected chi connectivity index (χ0v) is 23.3. The molecule has 0 bridgehead atoms. The number of aliphatic carboxylic acids is 1. The third kappa shape index (κ3) is 10.2. The van der Waals surface area contributed by atoms with Crippen LogP contribution >= 0.6 is 0 Å². The SMILES string of the molecule is CCCCOc1cc(/C=C(\OCC)C(=O)O)ccc1OCCc1ccc(OS(=O)(=O)CCCC)c(OC)c1. The van der Waals surface area contributed by atoms with Gasteiger partial charge in [0.1, 0.15) is 0 Å². The summed E-state index contributed by atoms with van der Waals surface area (Å²) in [6.45, 7) is 6.75. The summed E-state index contributed by atoms with van der Waals surface area (Å²) in [7, 11) is -2.24. The lowest BCUT2D eigenvalue weighted by molar-refractivity contribution is -0.136. The van der Waals surface area contributed by atoms with Crippen LogP contribution in [0.5, 0.6) is 23.0 Å². The Morgan fingerprint density at radius 1 is 0.895 bits per heavy atom. The fourth-order valence-electron chi connectivity index (χ4n) is 3.36. The predicted octanol–water partition coefficient (Wildman–Crippen LogP) is 5.47. The van der Waals surface area contributed by atoms with Crippen LogP contribution in [0.15, 0.2) is 42.2 Å². The van der Waals surface area contributed by atoms with Crippen LogP contribution in [-0.4, -0.2) is 52.2 Å². The van der Waals surface area contributed by atoms with Crippen LogP contribution in [0.4, 0.5) is 0 Å². The number of hydrogen-bond acceptors (Lipinski definition) is 8. The maximum absolute atomic E-state index is 12.2. The molecule has 0 radical (unpaired) electrons. The molecule has 0 saturated carbocycles. The molecule has 0 saturated heterocycles. The summed E-state index contributed by atoms with van der Waals surface area (Å²) in [4.78, 5) is 11.4. The van der Waals surface area contributed by atoms with Crippen molar-refractivity contribution in [2.24, 2.45) is 0 Å². The van der Waals surface area contributed by atoms with E-state index in [1.165, 1.54) is 13.2 Å². The smallest absolute Gasteiger partial charge is 0.371 e. The number of unbranched alkanes of at least 4 members (excludes halogenated alkanes) is 2. The van der Waals surface area contributed by atoms with E-state index in [-0.39, 0.29) is 23.9 Å². The zero-order valence-electron chi connectivity index (χ0n) is 22.5. The molecule has 38 heavy (non-hydrogen) atoms. The third-order valence-electron chi connectivity index (χ3n) is 5.37. The van der Waals surface area contributed by atoms with Gasteiger partial charge in [0.25, 0.3) is 0 Å². The molecule has 2 rings (SSSR count). The molecule has 1 N–H and O–H groups in total. The summed E-state index contributed by atoms with van der Waals surface area (Å²) < 4.78 is 52.0. The van der Waals surface area contributed by atoms with Gasteiger partial charge in [-0.3, -0.25) is 0 Å². The fourth-order valence-corrected chi connectivity index (χ4v) is 4.50. The number of carboxylic acid groups (broad SMARTS) is 1. The van der Waals surface area contributed by atoms with Crippen LogP contribution in [0.2, 0.25) is 0 Å². The second-order valence-corrected chi connectivity index (χ2v) is 10.1. The lowest BCUT2D eigenvalue weighted by atomic mass is 10.1. The van der Waals surface area contributed by atoms with Gasteiger partial charge in [0.2, 0.25) is 5.76 Å². The minimum absolute atomic E-state index is 0.0528. The number of carboxylic acids is 1. The molecular weight excluding hydrogens is 512 g/mol. The molecule has 9 nitrogen and oxygen atoms in total. The molecule has 10 heteroatoms. The minimum Gasteiger partial charge on any atom is -0.493 e. The lowest BCUT2D eigenvalue weighted by Gasteiger charge is -2.15. The Labute approximate surface area is 225 Å². The van der Waals surface area contributed by atoms with Crippen LogP contribution in [0.25, 0.3) is 6.08 Å². The van der Waals surface area contributed by atoms with Crippen molar-refractivity contribution >= 4 is 22.2 Å². The average molecular weight is 551 g/mol. The van der Waals surface area contributed by atoms with Gasteiger partial charge < -0.3 is 28.2 Å². The van der Waals surface area contributed by atoms with E-state index in [1.807, 2.05) is 6.92 Å². The lowest BCUT2D eigenvalue weighted by Crippen LogP contribution is -2.14. The van der Waals surface area contributed by atoms with Crippen molar-refractivity contribution in [1.29, 1.82) is 0 Å². The fraction of sp³-hybridized carbons (Fsp3) is 0.464. The molecule has 0 unspecified atom stereocenters. The molecule has 0 fully saturated rings. The summed E-state index contributed by atoms with van der Waals surface area (Å²) in [5.74, 6) is 0.156. The van der Waals surface area contributed by atoms with E-state index < -0.39 is 16.1 Å². The highest BCUT2D eigenvalue weighted by atomic mass is 32.2. The molecule has 0 aromatic heterocycles. The number of rotatable bonds is 18. The Kier molecular flexibility index (Phi) is 12.8. The van der Waals surface area contributed by atoms with Crippen molar-refractivity contribution in [2.75, 3.05) is 32.7 Å². The second kappa shape index (κ2) is 15.8. The van der Waals surface area contributed by atoms with E-state index >= 15 is 0 Å². The molecule has 0 amide bonds. The number of carbonyl (C=O) groups is 1. The highest BCUT2D eigenvalue weighted by molar-refractivity contribution is 7.87. The van der Waals surface area contributed by atoms with Crippen molar-refractivity contribution in [1.82, 2.24) is 0 Å². The van der Waals surface area contributed by atoms with E-state index in [9.17, 15) is 18.3 Å². The summed E-state index contributed by atoms with van der Waals surface area (Å²) >= 11 is 0. The molecule has 0 heterocycles. The van der Waals surface area contributed by atoms with E-state index in [0.717, 1.165) is 24.8 Å². The Morgan fingerprint density at radius 2 is 1.61 bits per heavy atom. The van der Waals surface area contributed by atoms with Gasteiger partial charge in [0, 0.05) is 6.42 Å². The summed E-state index contributed by atoms with van der Waals surface area (Å²) in [6.07, 6.45) is 5.06. The third-order valence-corrected chi connectivity index (χ3v) is 6.59. The topological polar surface area (TPSA) is 118 Å². The molecule has 0 aliphatic carbocycles. The first-order valence-electron chi connectivity index (χ1n) is 12.8.